The van der Waals surface area contributed by atoms with Crippen LogP contribution in [-0.2, 0) is 19.9 Å². The molecule has 1 heterocycles. The molecule has 5 N–H and O–H groups in total. The first-order chi connectivity index (χ1) is 24.2. The number of carboxylic acids is 1. The lowest BCUT2D eigenvalue weighted by atomic mass is 10.1. The lowest BCUT2D eigenvalue weighted by Gasteiger charge is -2.19. The molecule has 5 rings (SSSR count). The average molecular weight is 726 g/mol. The number of hydrogen-bond donors (Lipinski definition) is 5. The monoisotopic (exact) mass is 725 g/mol. The van der Waals surface area contributed by atoms with E-state index in [1.165, 1.54) is 24.3 Å². The Balaban J connectivity index is 1.22. The number of Topliss-reactive ketones (excluding diaryl/α,β-unsaturated/α-hetero) is 1. The number of anilines is 4. The smallest absolute Gasteiger partial charge is 0.422 e. The number of aliphatic carboxylic acids is 1. The largest absolute Gasteiger partial charge is 0.480 e. The van der Waals surface area contributed by atoms with Gasteiger partial charge in [0, 0.05) is 28.4 Å². The Morgan fingerprint density at radius 2 is 1.53 bits per heavy atom. The third-order valence-electron chi connectivity index (χ3n) is 7.71. The van der Waals surface area contributed by atoms with Gasteiger partial charge in [-0.3, -0.25) is 14.4 Å². The molecule has 2 amide bonds. The highest BCUT2D eigenvalue weighted by Crippen LogP contribution is 2.48. The molecular formula is C34H31ClF3N7O6. The van der Waals surface area contributed by atoms with E-state index in [2.05, 4.69) is 36.2 Å². The molecule has 0 bridgehead atoms. The van der Waals surface area contributed by atoms with Gasteiger partial charge in [-0.05, 0) is 80.3 Å². The highest BCUT2D eigenvalue weighted by molar-refractivity contribution is 6.40. The van der Waals surface area contributed by atoms with Crippen LogP contribution in [0.25, 0.3) is 0 Å². The molecule has 1 aromatic heterocycles. The summed E-state index contributed by atoms with van der Waals surface area (Å²) in [7, 11) is 0. The molecule has 0 radical (unpaired) electrons. The molecule has 1 aliphatic rings. The van der Waals surface area contributed by atoms with Crippen LogP contribution in [0.5, 0.6) is 6.01 Å². The Morgan fingerprint density at radius 1 is 0.902 bits per heavy atom. The van der Waals surface area contributed by atoms with Gasteiger partial charge in [-0.1, -0.05) is 41.4 Å². The van der Waals surface area contributed by atoms with Crippen molar-refractivity contribution in [1.29, 1.82) is 0 Å². The molecule has 0 spiro atoms. The number of benzene rings is 3. The molecule has 266 valence electrons. The molecule has 1 fully saturated rings. The third kappa shape index (κ3) is 10.4. The van der Waals surface area contributed by atoms with E-state index >= 15 is 0 Å². The van der Waals surface area contributed by atoms with Crippen molar-refractivity contribution in [3.63, 3.8) is 0 Å². The predicted molar refractivity (Wildman–Crippen MR) is 180 cm³/mol. The number of alkyl halides is 3. The standard InChI is InChI=1S/C34H31ClF3N7O6/c1-19-2-10-23(11-3-19)39-28(48)26(46)15-14-25(29(49)50)41-27(47)20-4-12-24(13-5-20)40-30-42-31(44-32(43-30)51-18-34(36,37)38)45-33(16-17-33)21-6-8-22(35)9-7-21/h2-13,25H,14-18H2,1H3,(H,39,48)(H,41,47)(H,49,50)(H2,40,42,43,44,45)/t25-/m0/s1. The van der Waals surface area contributed by atoms with Gasteiger partial charge in [0.2, 0.25) is 17.7 Å². The van der Waals surface area contributed by atoms with Gasteiger partial charge >= 0.3 is 18.2 Å². The molecule has 1 saturated carbocycles. The minimum absolute atomic E-state index is 0.0426. The molecule has 0 unspecified atom stereocenters. The van der Waals surface area contributed by atoms with Crippen LogP contribution in [0.15, 0.2) is 72.8 Å². The number of ketones is 1. The molecule has 1 aliphatic carbocycles. The van der Waals surface area contributed by atoms with Crippen LogP contribution in [0, 0.1) is 6.92 Å². The summed E-state index contributed by atoms with van der Waals surface area (Å²) in [5.41, 5.74) is 2.07. The Labute approximate surface area is 294 Å². The number of nitrogens with one attached hydrogen (secondary N) is 4. The van der Waals surface area contributed by atoms with Crippen molar-refractivity contribution in [2.75, 3.05) is 22.6 Å². The van der Waals surface area contributed by atoms with Crippen molar-refractivity contribution in [3.8, 4) is 6.01 Å². The summed E-state index contributed by atoms with van der Waals surface area (Å²) >= 11 is 6.01. The maximum absolute atomic E-state index is 12.9. The number of carbonyl (C=O) groups excluding carboxylic acids is 3. The highest BCUT2D eigenvalue weighted by Gasteiger charge is 2.45. The average Bonchev–Trinajstić information content (AvgIpc) is 3.86. The van der Waals surface area contributed by atoms with E-state index < -0.39 is 60.4 Å². The van der Waals surface area contributed by atoms with Gasteiger partial charge < -0.3 is 31.1 Å². The van der Waals surface area contributed by atoms with Gasteiger partial charge in [0.05, 0.1) is 5.54 Å². The van der Waals surface area contributed by atoms with Crippen LogP contribution >= 0.6 is 11.6 Å². The molecular weight excluding hydrogens is 695 g/mol. The summed E-state index contributed by atoms with van der Waals surface area (Å²) in [5.74, 6) is -4.13. The van der Waals surface area contributed by atoms with Gasteiger partial charge in [0.1, 0.15) is 6.04 Å². The number of halogens is 4. The normalized spacial score (nSPS) is 13.7. The summed E-state index contributed by atoms with van der Waals surface area (Å²) in [4.78, 5) is 61.6. The lowest BCUT2D eigenvalue weighted by Crippen LogP contribution is -2.41. The summed E-state index contributed by atoms with van der Waals surface area (Å²) in [6.07, 6.45) is -4.01. The van der Waals surface area contributed by atoms with Gasteiger partial charge in [0.15, 0.2) is 6.61 Å². The number of hydrogen-bond acceptors (Lipinski definition) is 10. The van der Waals surface area contributed by atoms with E-state index in [0.717, 1.165) is 11.1 Å². The summed E-state index contributed by atoms with van der Waals surface area (Å²) in [5, 5.41) is 21.0. The Bertz CT molecular complexity index is 1910. The highest BCUT2D eigenvalue weighted by atomic mass is 35.5. The van der Waals surface area contributed by atoms with Crippen LogP contribution < -0.4 is 26.0 Å². The first kappa shape index (κ1) is 36.5. The number of carboxylic acid groups (broad SMARTS) is 1. The van der Waals surface area contributed by atoms with Crippen molar-refractivity contribution in [3.05, 3.63) is 94.5 Å². The number of nitrogens with zero attached hydrogens (tertiary/aromatic N) is 3. The van der Waals surface area contributed by atoms with E-state index in [0.29, 0.717) is 29.2 Å². The van der Waals surface area contributed by atoms with Crippen LogP contribution in [0.1, 0.15) is 47.2 Å². The van der Waals surface area contributed by atoms with Crippen molar-refractivity contribution in [2.45, 2.75) is 50.4 Å². The molecule has 1 atom stereocenters. The van der Waals surface area contributed by atoms with Crippen LogP contribution in [0.3, 0.4) is 0 Å². The fourth-order valence-electron chi connectivity index (χ4n) is 4.83. The number of aromatic nitrogens is 3. The summed E-state index contributed by atoms with van der Waals surface area (Å²) in [6.45, 7) is 0.230. The van der Waals surface area contributed by atoms with Crippen molar-refractivity contribution in [2.24, 2.45) is 0 Å². The number of rotatable bonds is 15. The van der Waals surface area contributed by atoms with Gasteiger partial charge in [-0.25, -0.2) is 4.79 Å². The topological polar surface area (TPSA) is 185 Å². The Hall–Kier alpha value is -5.77. The van der Waals surface area contributed by atoms with E-state index in [-0.39, 0.29) is 23.9 Å². The molecule has 0 saturated heterocycles. The Morgan fingerprint density at radius 3 is 2.14 bits per heavy atom. The van der Waals surface area contributed by atoms with Crippen LogP contribution in [0.2, 0.25) is 5.02 Å². The van der Waals surface area contributed by atoms with Crippen molar-refractivity contribution < 1.29 is 42.2 Å². The number of carbonyl (C=O) groups is 4. The second-order valence-electron chi connectivity index (χ2n) is 11.7. The molecule has 0 aliphatic heterocycles. The third-order valence-corrected chi connectivity index (χ3v) is 7.96. The summed E-state index contributed by atoms with van der Waals surface area (Å²) in [6, 6.07) is 17.4. The summed E-state index contributed by atoms with van der Waals surface area (Å²) < 4.78 is 43.5. The number of ether oxygens (including phenoxy) is 1. The Kier molecular flexibility index (Phi) is 11.0. The predicted octanol–water partition coefficient (Wildman–Crippen LogP) is 5.79. The number of amides is 2. The molecule has 17 heteroatoms. The fraction of sp³-hybridized carbons (Fsp3) is 0.265. The van der Waals surface area contributed by atoms with E-state index in [1.807, 2.05) is 19.1 Å². The first-order valence-corrected chi connectivity index (χ1v) is 15.9. The molecule has 51 heavy (non-hydrogen) atoms. The fourth-order valence-corrected chi connectivity index (χ4v) is 4.96. The van der Waals surface area contributed by atoms with Crippen molar-refractivity contribution in [1.82, 2.24) is 20.3 Å². The maximum Gasteiger partial charge on any atom is 0.422 e. The van der Waals surface area contributed by atoms with Crippen LogP contribution in [0.4, 0.5) is 36.4 Å². The van der Waals surface area contributed by atoms with Gasteiger partial charge in [-0.2, -0.15) is 28.1 Å². The first-order valence-electron chi connectivity index (χ1n) is 15.5. The SMILES string of the molecule is Cc1ccc(NC(=O)C(=O)CC[C@H](NC(=O)c2ccc(Nc3nc(NC4(c5ccc(Cl)cc5)CC4)nc(OCC(F)(F)F)n3)cc2)C(=O)O)cc1. The maximum atomic E-state index is 12.9. The minimum atomic E-state index is -4.64. The zero-order valence-electron chi connectivity index (χ0n) is 26.9. The lowest BCUT2D eigenvalue weighted by molar-refractivity contribution is -0.154. The molecule has 3 aromatic carbocycles. The zero-order chi connectivity index (χ0) is 36.8. The zero-order valence-corrected chi connectivity index (χ0v) is 27.6. The quantitative estimate of drug-likeness (QED) is 0.0935. The second-order valence-corrected chi connectivity index (χ2v) is 12.2. The van der Waals surface area contributed by atoms with Crippen LogP contribution in [-0.4, -0.2) is 62.5 Å². The van der Waals surface area contributed by atoms with Crippen molar-refractivity contribution >= 4 is 58.4 Å². The molecule has 4 aromatic rings. The second kappa shape index (κ2) is 15.4. The van der Waals surface area contributed by atoms with E-state index in [4.69, 9.17) is 16.3 Å². The number of aryl methyl sites for hydroxylation is 1. The minimum Gasteiger partial charge on any atom is -0.480 e. The van der Waals surface area contributed by atoms with E-state index in [9.17, 15) is 37.5 Å². The molecule has 13 nitrogen and oxygen atoms in total. The van der Waals surface area contributed by atoms with E-state index in [1.54, 1.807) is 36.4 Å². The van der Waals surface area contributed by atoms with Gasteiger partial charge in [-0.15, -0.1) is 0 Å². The van der Waals surface area contributed by atoms with Gasteiger partial charge in [0.25, 0.3) is 11.8 Å².